The molecule has 8 nitrogen and oxygen atoms in total. The molecule has 0 N–H and O–H groups in total. The second-order valence-electron chi connectivity index (χ2n) is 7.79. The summed E-state index contributed by atoms with van der Waals surface area (Å²) in [5.41, 5.74) is 1.67. The summed E-state index contributed by atoms with van der Waals surface area (Å²) in [7, 11) is 0. The molecular weight excluding hydrogens is 436 g/mol. The number of benzene rings is 2. The van der Waals surface area contributed by atoms with Crippen LogP contribution >= 0.6 is 0 Å². The number of isocyanates is 1. The number of unbranched alkanes of at least 4 members (excludes halogenated alkanes) is 2. The van der Waals surface area contributed by atoms with E-state index in [2.05, 4.69) is 4.99 Å². The highest BCUT2D eigenvalue weighted by Gasteiger charge is 2.19. The van der Waals surface area contributed by atoms with E-state index in [0.717, 1.165) is 12.0 Å². The Morgan fingerprint density at radius 3 is 2.32 bits per heavy atom. The van der Waals surface area contributed by atoms with Gasteiger partial charge in [-0.15, -0.1) is 5.26 Å². The van der Waals surface area contributed by atoms with Crippen LogP contribution < -0.4 is 4.74 Å². The predicted octanol–water partition coefficient (Wildman–Crippen LogP) is 4.64. The summed E-state index contributed by atoms with van der Waals surface area (Å²) < 4.78 is 9.96. The normalized spacial score (nSPS) is 10.9. The zero-order chi connectivity index (χ0) is 24.8. The van der Waals surface area contributed by atoms with Crippen molar-refractivity contribution in [3.8, 4) is 12.0 Å². The van der Waals surface area contributed by atoms with E-state index < -0.39 is 5.97 Å². The van der Waals surface area contributed by atoms with Gasteiger partial charge in [0, 0.05) is 18.8 Å². The van der Waals surface area contributed by atoms with Gasteiger partial charge in [-0.25, -0.2) is 9.59 Å². The lowest BCUT2D eigenvalue weighted by Crippen LogP contribution is -2.18. The Bertz CT molecular complexity index is 1060. The Labute approximate surface area is 198 Å². The molecule has 176 valence electrons. The predicted molar refractivity (Wildman–Crippen MR) is 123 cm³/mol. The van der Waals surface area contributed by atoms with Gasteiger partial charge in [0.1, 0.15) is 17.3 Å². The van der Waals surface area contributed by atoms with Gasteiger partial charge in [0.15, 0.2) is 0 Å². The number of hydrogen-bond acceptors (Lipinski definition) is 8. The number of rotatable bonds is 14. The Kier molecular flexibility index (Phi) is 10.9. The summed E-state index contributed by atoms with van der Waals surface area (Å²) in [6.45, 7) is 1.73. The molecular formula is C26H26N2O6. The molecule has 0 aliphatic heterocycles. The molecule has 0 aromatic heterocycles. The second-order valence-corrected chi connectivity index (χ2v) is 7.79. The molecule has 0 radical (unpaired) electrons. The van der Waals surface area contributed by atoms with Gasteiger partial charge in [0.05, 0.1) is 17.9 Å². The van der Waals surface area contributed by atoms with Gasteiger partial charge in [-0.05, 0) is 74.6 Å². The molecule has 0 amide bonds. The maximum Gasteiger partial charge on any atom is 0.338 e. The minimum absolute atomic E-state index is 0.0275. The van der Waals surface area contributed by atoms with Crippen LogP contribution in [0, 0.1) is 17.4 Å². The molecule has 2 aromatic carbocycles. The number of Topliss-reactive ketones (excluding diaryl/α,β-unsaturated/α-hetero) is 2. The molecule has 0 saturated heterocycles. The van der Waals surface area contributed by atoms with Crippen LogP contribution in [0.3, 0.4) is 0 Å². The van der Waals surface area contributed by atoms with Crippen molar-refractivity contribution in [1.29, 1.82) is 5.26 Å². The first-order chi connectivity index (χ1) is 16.4. The van der Waals surface area contributed by atoms with Crippen LogP contribution in [0.5, 0.6) is 5.75 Å². The third kappa shape index (κ3) is 9.19. The lowest BCUT2D eigenvalue weighted by Gasteiger charge is -2.13. The van der Waals surface area contributed by atoms with E-state index in [9.17, 15) is 19.2 Å². The van der Waals surface area contributed by atoms with Crippen molar-refractivity contribution in [1.82, 2.24) is 0 Å². The number of carbonyl (C=O) groups is 3. The number of carbonyl (C=O) groups excluding carboxylic acids is 4. The fourth-order valence-corrected chi connectivity index (χ4v) is 3.34. The minimum atomic E-state index is -0.464. The zero-order valence-corrected chi connectivity index (χ0v) is 19.0. The lowest BCUT2D eigenvalue weighted by atomic mass is 9.90. The van der Waals surface area contributed by atoms with Crippen molar-refractivity contribution in [2.45, 2.75) is 45.4 Å². The van der Waals surface area contributed by atoms with Gasteiger partial charge >= 0.3 is 5.97 Å². The van der Waals surface area contributed by atoms with Crippen molar-refractivity contribution in [3.63, 3.8) is 0 Å². The van der Waals surface area contributed by atoms with Gasteiger partial charge in [0.2, 0.25) is 6.08 Å². The SMILES string of the molecule is CC(=O)C(CC(=O)CCCCCOC(=O)c1ccc(N=C=O)cc1)Cc1ccc(OC#N)cc1. The van der Waals surface area contributed by atoms with Crippen LogP contribution in [-0.4, -0.2) is 30.2 Å². The highest BCUT2D eigenvalue weighted by Crippen LogP contribution is 2.19. The zero-order valence-electron chi connectivity index (χ0n) is 19.0. The van der Waals surface area contributed by atoms with E-state index in [1.54, 1.807) is 30.5 Å². The molecule has 2 aromatic rings. The molecule has 1 atom stereocenters. The lowest BCUT2D eigenvalue weighted by molar-refractivity contribution is -0.126. The highest BCUT2D eigenvalue weighted by atomic mass is 16.5. The maximum absolute atomic E-state index is 12.4. The number of ether oxygens (including phenoxy) is 2. The Balaban J connectivity index is 1.67. The Morgan fingerprint density at radius 1 is 1.00 bits per heavy atom. The minimum Gasteiger partial charge on any atom is -0.462 e. The molecule has 0 saturated carbocycles. The second kappa shape index (κ2) is 14.1. The van der Waals surface area contributed by atoms with E-state index in [0.29, 0.717) is 42.7 Å². The monoisotopic (exact) mass is 462 g/mol. The molecule has 34 heavy (non-hydrogen) atoms. The van der Waals surface area contributed by atoms with E-state index in [4.69, 9.17) is 14.7 Å². The highest BCUT2D eigenvalue weighted by molar-refractivity contribution is 5.89. The van der Waals surface area contributed by atoms with E-state index in [1.807, 2.05) is 0 Å². The van der Waals surface area contributed by atoms with Crippen LogP contribution in [0.4, 0.5) is 5.69 Å². The quantitative estimate of drug-likeness (QED) is 0.132. The van der Waals surface area contributed by atoms with Crippen LogP contribution in [0.1, 0.15) is 54.9 Å². The average Bonchev–Trinajstić information content (AvgIpc) is 2.82. The summed E-state index contributed by atoms with van der Waals surface area (Å²) >= 11 is 0. The molecule has 0 heterocycles. The number of ketones is 2. The van der Waals surface area contributed by atoms with Crippen molar-refractivity contribution in [2.75, 3.05) is 6.61 Å². The molecule has 1 unspecified atom stereocenters. The van der Waals surface area contributed by atoms with Crippen LogP contribution in [0.25, 0.3) is 0 Å². The van der Waals surface area contributed by atoms with Crippen molar-refractivity contribution < 1.29 is 28.7 Å². The standard InChI is InChI=1S/C26H26N2O6/c1-19(30)22(15-20-6-12-25(13-7-20)34-17-27)16-24(31)5-3-2-4-14-33-26(32)21-8-10-23(11-9-21)28-18-29/h6-13,22H,2-5,14-16H2,1H3. The molecule has 2 rings (SSSR count). The molecule has 8 heteroatoms. The summed E-state index contributed by atoms with van der Waals surface area (Å²) in [4.78, 5) is 50.0. The van der Waals surface area contributed by atoms with E-state index in [-0.39, 0.29) is 30.5 Å². The largest absolute Gasteiger partial charge is 0.462 e. The van der Waals surface area contributed by atoms with E-state index >= 15 is 0 Å². The van der Waals surface area contributed by atoms with Gasteiger partial charge in [-0.3, -0.25) is 9.59 Å². The van der Waals surface area contributed by atoms with E-state index in [1.165, 1.54) is 37.3 Å². The molecule has 0 fully saturated rings. The first-order valence-corrected chi connectivity index (χ1v) is 10.9. The average molecular weight is 463 g/mol. The third-order valence-electron chi connectivity index (χ3n) is 5.23. The van der Waals surface area contributed by atoms with Crippen LogP contribution in [-0.2, 0) is 25.5 Å². The Morgan fingerprint density at radius 2 is 1.71 bits per heavy atom. The van der Waals surface area contributed by atoms with Crippen LogP contribution in [0.15, 0.2) is 53.5 Å². The fourth-order valence-electron chi connectivity index (χ4n) is 3.34. The smallest absolute Gasteiger partial charge is 0.338 e. The summed E-state index contributed by atoms with van der Waals surface area (Å²) in [5.74, 6) is -0.438. The summed E-state index contributed by atoms with van der Waals surface area (Å²) in [6.07, 6.45) is 6.03. The summed E-state index contributed by atoms with van der Waals surface area (Å²) in [5, 5.41) is 8.53. The van der Waals surface area contributed by atoms with Gasteiger partial charge in [0.25, 0.3) is 6.26 Å². The van der Waals surface area contributed by atoms with Crippen molar-refractivity contribution in [2.24, 2.45) is 10.9 Å². The van der Waals surface area contributed by atoms with Gasteiger partial charge in [-0.2, -0.15) is 4.99 Å². The van der Waals surface area contributed by atoms with Crippen molar-refractivity contribution >= 4 is 29.3 Å². The topological polar surface area (TPSA) is 123 Å². The number of hydrogen-bond donors (Lipinski definition) is 0. The number of aliphatic imine (C=N–C) groups is 1. The Hall–Kier alpha value is -4.08. The van der Waals surface area contributed by atoms with Crippen LogP contribution in [0.2, 0.25) is 0 Å². The number of esters is 1. The maximum atomic E-state index is 12.4. The van der Waals surface area contributed by atoms with Gasteiger partial charge in [-0.1, -0.05) is 12.1 Å². The molecule has 0 aliphatic rings. The first kappa shape index (κ1) is 26.2. The molecule has 0 bridgehead atoms. The summed E-state index contributed by atoms with van der Waals surface area (Å²) in [6, 6.07) is 13.0. The first-order valence-electron chi connectivity index (χ1n) is 10.9. The third-order valence-corrected chi connectivity index (χ3v) is 5.23. The van der Waals surface area contributed by atoms with Gasteiger partial charge < -0.3 is 9.47 Å². The number of nitrogens with zero attached hydrogens (tertiary/aromatic N) is 2. The molecule has 0 spiro atoms. The number of nitriles is 1. The fraction of sp³-hybridized carbons (Fsp3) is 0.346. The molecule has 0 aliphatic carbocycles. The van der Waals surface area contributed by atoms with Crippen molar-refractivity contribution in [3.05, 3.63) is 59.7 Å².